The SMILES string of the molecule is C[C@@H]1C[C@H](F)c2ncnc(N3CCN(C(=O)[C@H](CNC(=O)OC(C)(C)C)c4ccc(Cl)c(F)c4)CC3)c21. The van der Waals surface area contributed by atoms with Crippen LogP contribution in [0.5, 0.6) is 0 Å². The van der Waals surface area contributed by atoms with Crippen molar-refractivity contribution < 1.29 is 23.1 Å². The Kier molecular flexibility index (Phi) is 7.87. The summed E-state index contributed by atoms with van der Waals surface area (Å²) in [6, 6.07) is 4.20. The van der Waals surface area contributed by atoms with Crippen LogP contribution in [0.3, 0.4) is 0 Å². The van der Waals surface area contributed by atoms with E-state index in [0.717, 1.165) is 5.56 Å². The van der Waals surface area contributed by atoms with Crippen LogP contribution in [0.15, 0.2) is 24.5 Å². The van der Waals surface area contributed by atoms with Crippen molar-refractivity contribution in [3.8, 4) is 0 Å². The highest BCUT2D eigenvalue weighted by molar-refractivity contribution is 6.30. The molecule has 2 heterocycles. The third-order valence-corrected chi connectivity index (χ3v) is 6.93. The highest BCUT2D eigenvalue weighted by Crippen LogP contribution is 2.44. The number of nitrogens with one attached hydrogen (secondary N) is 1. The summed E-state index contributed by atoms with van der Waals surface area (Å²) in [5.74, 6) is -0.988. The van der Waals surface area contributed by atoms with E-state index in [9.17, 15) is 18.4 Å². The number of ether oxygens (including phenoxy) is 1. The molecule has 4 rings (SSSR count). The largest absolute Gasteiger partial charge is 0.444 e. The van der Waals surface area contributed by atoms with Gasteiger partial charge in [-0.2, -0.15) is 0 Å². The molecule has 1 aliphatic heterocycles. The van der Waals surface area contributed by atoms with Crippen molar-refractivity contribution in [3.05, 3.63) is 52.2 Å². The number of halogens is 3. The Morgan fingerprint density at radius 3 is 2.57 bits per heavy atom. The molecule has 8 nitrogen and oxygen atoms in total. The van der Waals surface area contributed by atoms with Crippen LogP contribution in [0.2, 0.25) is 5.02 Å². The van der Waals surface area contributed by atoms with Crippen molar-refractivity contribution >= 4 is 29.4 Å². The second-order valence-electron chi connectivity index (χ2n) is 10.5. The summed E-state index contributed by atoms with van der Waals surface area (Å²) in [5.41, 5.74) is 0.995. The Bertz CT molecular complexity index is 1170. The van der Waals surface area contributed by atoms with Gasteiger partial charge in [0.25, 0.3) is 0 Å². The number of anilines is 1. The van der Waals surface area contributed by atoms with Gasteiger partial charge in [0, 0.05) is 38.3 Å². The molecule has 0 spiro atoms. The van der Waals surface area contributed by atoms with Crippen LogP contribution in [-0.4, -0.2) is 65.2 Å². The van der Waals surface area contributed by atoms with E-state index in [1.807, 2.05) is 6.92 Å². The molecular formula is C26H32ClF2N5O3. The summed E-state index contributed by atoms with van der Waals surface area (Å²) >= 11 is 5.85. The lowest BCUT2D eigenvalue weighted by Crippen LogP contribution is -2.51. The zero-order valence-corrected chi connectivity index (χ0v) is 22.2. The van der Waals surface area contributed by atoms with Gasteiger partial charge in [-0.05, 0) is 50.8 Å². The summed E-state index contributed by atoms with van der Waals surface area (Å²) < 4.78 is 33.9. The number of rotatable bonds is 5. The maximum absolute atomic E-state index is 14.4. The third kappa shape index (κ3) is 6.11. The number of amides is 2. The summed E-state index contributed by atoms with van der Waals surface area (Å²) in [6.45, 7) is 8.91. The van der Waals surface area contributed by atoms with Crippen LogP contribution < -0.4 is 10.2 Å². The van der Waals surface area contributed by atoms with E-state index in [1.165, 1.54) is 18.5 Å². The molecule has 11 heteroatoms. The zero-order chi connectivity index (χ0) is 26.9. The maximum atomic E-state index is 14.4. The van der Waals surface area contributed by atoms with Crippen molar-refractivity contribution in [2.75, 3.05) is 37.6 Å². The number of carbonyl (C=O) groups excluding carboxylic acids is 2. The standard InChI is InChI=1S/C26H32ClF2N5O3/c1-15-11-20(29)22-21(15)23(32-14-31-22)33-7-9-34(10-8-33)24(35)17(13-30-25(36)37-26(2,3)4)16-5-6-18(27)19(28)12-16/h5-6,12,14-15,17,20H,7-11,13H2,1-4H3,(H,30,36)/t15-,17-,20+/m1/s1. The molecule has 37 heavy (non-hydrogen) atoms. The average molecular weight is 536 g/mol. The molecule has 0 saturated carbocycles. The summed E-state index contributed by atoms with van der Waals surface area (Å²) in [5, 5.41) is 2.59. The molecule has 200 valence electrons. The van der Waals surface area contributed by atoms with Crippen LogP contribution in [-0.2, 0) is 9.53 Å². The Morgan fingerprint density at radius 2 is 1.92 bits per heavy atom. The van der Waals surface area contributed by atoms with Crippen molar-refractivity contribution in [2.24, 2.45) is 0 Å². The number of hydrogen-bond donors (Lipinski definition) is 1. The molecule has 1 fully saturated rings. The van der Waals surface area contributed by atoms with Crippen LogP contribution in [0, 0.1) is 5.82 Å². The van der Waals surface area contributed by atoms with E-state index in [4.69, 9.17) is 16.3 Å². The van der Waals surface area contributed by atoms with Gasteiger partial charge in [-0.3, -0.25) is 4.79 Å². The van der Waals surface area contributed by atoms with Crippen molar-refractivity contribution in [1.29, 1.82) is 0 Å². The van der Waals surface area contributed by atoms with Crippen molar-refractivity contribution in [2.45, 2.75) is 57.7 Å². The van der Waals surface area contributed by atoms with Gasteiger partial charge in [0.1, 0.15) is 29.7 Å². The second kappa shape index (κ2) is 10.8. The number of aromatic nitrogens is 2. The number of nitrogens with zero attached hydrogens (tertiary/aromatic N) is 4. The minimum atomic E-state index is -1.09. The summed E-state index contributed by atoms with van der Waals surface area (Å²) in [6.07, 6.45) is 0.0304. The van der Waals surface area contributed by atoms with Crippen molar-refractivity contribution in [1.82, 2.24) is 20.2 Å². The van der Waals surface area contributed by atoms with Gasteiger partial charge in [0.2, 0.25) is 5.91 Å². The topological polar surface area (TPSA) is 87.7 Å². The number of alkyl halides is 1. The quantitative estimate of drug-likeness (QED) is 0.595. The van der Waals surface area contributed by atoms with Crippen LogP contribution >= 0.6 is 11.6 Å². The van der Waals surface area contributed by atoms with E-state index in [0.29, 0.717) is 49.7 Å². The number of piperazine rings is 1. The number of alkyl carbamates (subject to hydrolysis) is 1. The van der Waals surface area contributed by atoms with E-state index in [1.54, 1.807) is 31.7 Å². The molecule has 1 aromatic carbocycles. The van der Waals surface area contributed by atoms with Gasteiger partial charge in [0.15, 0.2) is 0 Å². The first-order chi connectivity index (χ1) is 17.4. The molecule has 1 N–H and O–H groups in total. The van der Waals surface area contributed by atoms with Crippen LogP contribution in [0.4, 0.5) is 19.4 Å². The maximum Gasteiger partial charge on any atom is 0.407 e. The van der Waals surface area contributed by atoms with Gasteiger partial charge in [-0.25, -0.2) is 23.5 Å². The van der Waals surface area contributed by atoms with Gasteiger partial charge in [-0.1, -0.05) is 24.6 Å². The smallest absolute Gasteiger partial charge is 0.407 e. The Morgan fingerprint density at radius 1 is 1.22 bits per heavy atom. The molecular weight excluding hydrogens is 504 g/mol. The summed E-state index contributed by atoms with van der Waals surface area (Å²) in [7, 11) is 0. The fraction of sp³-hybridized carbons (Fsp3) is 0.538. The number of hydrogen-bond acceptors (Lipinski definition) is 6. The minimum absolute atomic E-state index is 0.0176. The first-order valence-corrected chi connectivity index (χ1v) is 12.8. The van der Waals surface area contributed by atoms with Gasteiger partial charge < -0.3 is 19.9 Å². The monoisotopic (exact) mass is 535 g/mol. The van der Waals surface area contributed by atoms with Crippen LogP contribution in [0.25, 0.3) is 0 Å². The lowest BCUT2D eigenvalue weighted by atomic mass is 9.96. The molecule has 1 saturated heterocycles. The van der Waals surface area contributed by atoms with E-state index < -0.39 is 29.6 Å². The molecule has 0 unspecified atom stereocenters. The highest BCUT2D eigenvalue weighted by atomic mass is 35.5. The predicted molar refractivity (Wildman–Crippen MR) is 136 cm³/mol. The summed E-state index contributed by atoms with van der Waals surface area (Å²) in [4.78, 5) is 38.2. The Hall–Kier alpha value is -3.01. The van der Waals surface area contributed by atoms with E-state index in [-0.39, 0.29) is 23.4 Å². The van der Waals surface area contributed by atoms with E-state index >= 15 is 0 Å². The fourth-order valence-corrected chi connectivity index (χ4v) is 4.97. The van der Waals surface area contributed by atoms with Gasteiger partial charge in [-0.15, -0.1) is 0 Å². The predicted octanol–water partition coefficient (Wildman–Crippen LogP) is 4.74. The second-order valence-corrected chi connectivity index (χ2v) is 10.9. The number of benzene rings is 1. The number of fused-ring (bicyclic) bond motifs is 1. The molecule has 1 aromatic heterocycles. The van der Waals surface area contributed by atoms with Gasteiger partial charge in [0.05, 0.1) is 16.6 Å². The molecule has 2 amide bonds. The Balaban J connectivity index is 1.48. The molecule has 0 bridgehead atoms. The van der Waals surface area contributed by atoms with E-state index in [2.05, 4.69) is 20.2 Å². The zero-order valence-electron chi connectivity index (χ0n) is 21.4. The molecule has 1 aliphatic carbocycles. The minimum Gasteiger partial charge on any atom is -0.444 e. The average Bonchev–Trinajstić information content (AvgIpc) is 3.13. The third-order valence-electron chi connectivity index (χ3n) is 6.63. The fourth-order valence-electron chi connectivity index (χ4n) is 4.85. The molecule has 3 atom stereocenters. The number of carbonyl (C=O) groups is 2. The van der Waals surface area contributed by atoms with Gasteiger partial charge >= 0.3 is 6.09 Å². The first kappa shape index (κ1) is 27.0. The Labute approximate surface area is 220 Å². The highest BCUT2D eigenvalue weighted by Gasteiger charge is 2.36. The lowest BCUT2D eigenvalue weighted by molar-refractivity contribution is -0.133. The van der Waals surface area contributed by atoms with Crippen molar-refractivity contribution in [3.63, 3.8) is 0 Å². The lowest BCUT2D eigenvalue weighted by Gasteiger charge is -2.38. The molecule has 0 radical (unpaired) electrons. The first-order valence-electron chi connectivity index (χ1n) is 12.4. The molecule has 2 aromatic rings. The van der Waals surface area contributed by atoms with Crippen LogP contribution in [0.1, 0.15) is 68.9 Å². The normalized spacial score (nSPS) is 20.4. The molecule has 2 aliphatic rings.